The van der Waals surface area contributed by atoms with Crippen LogP contribution in [0.1, 0.15) is 36.0 Å². The molecule has 5 heteroatoms. The summed E-state index contributed by atoms with van der Waals surface area (Å²) in [5.74, 6) is -0.0830. The molecule has 128 valence electrons. The van der Waals surface area contributed by atoms with Crippen molar-refractivity contribution in [2.75, 3.05) is 6.54 Å². The Labute approximate surface area is 139 Å². The molecule has 0 aliphatic carbocycles. The van der Waals surface area contributed by atoms with Crippen LogP contribution in [0, 0.1) is 0 Å². The van der Waals surface area contributed by atoms with Crippen molar-refractivity contribution in [2.45, 2.75) is 31.9 Å². The van der Waals surface area contributed by atoms with Crippen LogP contribution < -0.4 is 5.32 Å². The van der Waals surface area contributed by atoms with Crippen LogP contribution in [0.3, 0.4) is 0 Å². The number of halogens is 3. The summed E-state index contributed by atoms with van der Waals surface area (Å²) in [4.78, 5) is 12.0. The van der Waals surface area contributed by atoms with E-state index in [1.165, 1.54) is 12.1 Å². The maximum Gasteiger partial charge on any atom is 0.416 e. The van der Waals surface area contributed by atoms with E-state index < -0.39 is 11.7 Å². The fraction of sp³-hybridized carbons (Fsp3) is 0.316. The number of hydrogen-bond donors (Lipinski definition) is 1. The number of hydrogen-bond acceptors (Lipinski definition) is 1. The van der Waals surface area contributed by atoms with Gasteiger partial charge < -0.3 is 5.32 Å². The van der Waals surface area contributed by atoms with Crippen molar-refractivity contribution in [1.82, 2.24) is 5.32 Å². The SMILES string of the molecule is CCC(CNC(=O)Cc1cccc(C(F)(F)F)c1)c1ccccc1. The average molecular weight is 335 g/mol. The third kappa shape index (κ3) is 5.11. The molecule has 0 radical (unpaired) electrons. The second kappa shape index (κ2) is 7.99. The predicted molar refractivity (Wildman–Crippen MR) is 87.6 cm³/mol. The number of nitrogens with one attached hydrogen (secondary N) is 1. The maximum atomic E-state index is 12.7. The molecule has 24 heavy (non-hydrogen) atoms. The zero-order valence-electron chi connectivity index (χ0n) is 13.4. The molecule has 0 spiro atoms. The summed E-state index contributed by atoms with van der Waals surface area (Å²) in [5, 5.41) is 2.82. The van der Waals surface area contributed by atoms with Gasteiger partial charge in [-0.15, -0.1) is 0 Å². The summed E-state index contributed by atoms with van der Waals surface area (Å²) in [6.45, 7) is 2.51. The fourth-order valence-electron chi connectivity index (χ4n) is 2.57. The minimum Gasteiger partial charge on any atom is -0.355 e. The third-order valence-electron chi connectivity index (χ3n) is 3.93. The topological polar surface area (TPSA) is 29.1 Å². The Morgan fingerprint density at radius 1 is 1.08 bits per heavy atom. The van der Waals surface area contributed by atoms with E-state index in [9.17, 15) is 18.0 Å². The van der Waals surface area contributed by atoms with Crippen molar-refractivity contribution in [3.63, 3.8) is 0 Å². The van der Waals surface area contributed by atoms with Crippen molar-refractivity contribution >= 4 is 5.91 Å². The van der Waals surface area contributed by atoms with Gasteiger partial charge in [-0.3, -0.25) is 4.79 Å². The van der Waals surface area contributed by atoms with Crippen LogP contribution in [-0.4, -0.2) is 12.5 Å². The van der Waals surface area contributed by atoms with Gasteiger partial charge in [-0.05, 0) is 23.6 Å². The molecule has 2 nitrogen and oxygen atoms in total. The first-order valence-electron chi connectivity index (χ1n) is 7.88. The molecule has 0 saturated carbocycles. The van der Waals surface area contributed by atoms with Gasteiger partial charge in [-0.1, -0.05) is 55.5 Å². The number of benzene rings is 2. The molecular weight excluding hydrogens is 315 g/mol. The average Bonchev–Trinajstić information content (AvgIpc) is 2.56. The second-order valence-corrected chi connectivity index (χ2v) is 5.69. The minimum absolute atomic E-state index is 0.0604. The van der Waals surface area contributed by atoms with Crippen LogP contribution in [-0.2, 0) is 17.4 Å². The molecule has 2 aromatic carbocycles. The molecule has 1 N–H and O–H groups in total. The highest BCUT2D eigenvalue weighted by Crippen LogP contribution is 2.29. The van der Waals surface area contributed by atoms with Gasteiger partial charge in [0.25, 0.3) is 0 Å². The Hall–Kier alpha value is -2.30. The molecule has 0 aromatic heterocycles. The third-order valence-corrected chi connectivity index (χ3v) is 3.93. The Morgan fingerprint density at radius 3 is 2.42 bits per heavy atom. The van der Waals surface area contributed by atoms with Crippen molar-refractivity contribution < 1.29 is 18.0 Å². The molecule has 1 unspecified atom stereocenters. The second-order valence-electron chi connectivity index (χ2n) is 5.69. The van der Waals surface area contributed by atoms with E-state index in [-0.39, 0.29) is 18.2 Å². The summed E-state index contributed by atoms with van der Waals surface area (Å²) < 4.78 is 38.1. The van der Waals surface area contributed by atoms with E-state index in [2.05, 4.69) is 5.32 Å². The number of amides is 1. The first kappa shape index (κ1) is 18.0. The van der Waals surface area contributed by atoms with Gasteiger partial charge in [-0.2, -0.15) is 13.2 Å². The summed E-state index contributed by atoms with van der Waals surface area (Å²) in [7, 11) is 0. The lowest BCUT2D eigenvalue weighted by Gasteiger charge is -2.16. The fourth-order valence-corrected chi connectivity index (χ4v) is 2.57. The van der Waals surface area contributed by atoms with Crippen LogP contribution in [0.25, 0.3) is 0 Å². The molecule has 0 aliphatic rings. The van der Waals surface area contributed by atoms with Crippen molar-refractivity contribution in [3.05, 3.63) is 71.3 Å². The first-order chi connectivity index (χ1) is 11.4. The zero-order valence-corrected chi connectivity index (χ0v) is 13.4. The lowest BCUT2D eigenvalue weighted by molar-refractivity contribution is -0.137. The van der Waals surface area contributed by atoms with Gasteiger partial charge in [-0.25, -0.2) is 0 Å². The highest BCUT2D eigenvalue weighted by Gasteiger charge is 2.30. The highest BCUT2D eigenvalue weighted by atomic mass is 19.4. The van der Waals surface area contributed by atoms with E-state index in [1.54, 1.807) is 0 Å². The van der Waals surface area contributed by atoms with E-state index in [1.807, 2.05) is 37.3 Å². The van der Waals surface area contributed by atoms with Crippen LogP contribution in [0.15, 0.2) is 54.6 Å². The van der Waals surface area contributed by atoms with Crippen LogP contribution in [0.2, 0.25) is 0 Å². The van der Waals surface area contributed by atoms with Crippen LogP contribution in [0.5, 0.6) is 0 Å². The van der Waals surface area contributed by atoms with Crippen molar-refractivity contribution in [2.24, 2.45) is 0 Å². The molecule has 2 aromatic rings. The van der Waals surface area contributed by atoms with Gasteiger partial charge in [0, 0.05) is 12.5 Å². The van der Waals surface area contributed by atoms with Gasteiger partial charge in [0.1, 0.15) is 0 Å². The van der Waals surface area contributed by atoms with E-state index in [0.29, 0.717) is 12.1 Å². The molecule has 0 aliphatic heterocycles. The Bertz CT molecular complexity index is 668. The summed E-state index contributed by atoms with van der Waals surface area (Å²) in [6.07, 6.45) is -3.59. The predicted octanol–water partition coefficient (Wildman–Crippen LogP) is 4.56. The lowest BCUT2D eigenvalue weighted by Crippen LogP contribution is -2.29. The first-order valence-corrected chi connectivity index (χ1v) is 7.88. The minimum atomic E-state index is -4.40. The molecular formula is C19H20F3NO. The Balaban J connectivity index is 1.94. The number of carbonyl (C=O) groups excluding carboxylic acids is 1. The van der Waals surface area contributed by atoms with Gasteiger partial charge in [0.2, 0.25) is 5.91 Å². The van der Waals surface area contributed by atoms with Gasteiger partial charge in [0.05, 0.1) is 12.0 Å². The van der Waals surface area contributed by atoms with E-state index in [0.717, 1.165) is 24.1 Å². The highest BCUT2D eigenvalue weighted by molar-refractivity contribution is 5.78. The van der Waals surface area contributed by atoms with E-state index >= 15 is 0 Å². The molecule has 1 atom stereocenters. The van der Waals surface area contributed by atoms with Crippen LogP contribution >= 0.6 is 0 Å². The Morgan fingerprint density at radius 2 is 1.79 bits per heavy atom. The molecule has 0 fully saturated rings. The zero-order chi connectivity index (χ0) is 17.6. The molecule has 1 amide bonds. The number of alkyl halides is 3. The van der Waals surface area contributed by atoms with Gasteiger partial charge in [0.15, 0.2) is 0 Å². The monoisotopic (exact) mass is 335 g/mol. The standard InChI is InChI=1S/C19H20F3NO/c1-2-15(16-8-4-3-5-9-16)13-23-18(24)12-14-7-6-10-17(11-14)19(20,21)22/h3-11,15H,2,12-13H2,1H3,(H,23,24). The number of carbonyl (C=O) groups is 1. The summed E-state index contributed by atoms with van der Waals surface area (Å²) >= 11 is 0. The van der Waals surface area contributed by atoms with Crippen molar-refractivity contribution in [3.8, 4) is 0 Å². The van der Waals surface area contributed by atoms with Crippen molar-refractivity contribution in [1.29, 1.82) is 0 Å². The quantitative estimate of drug-likeness (QED) is 0.824. The molecule has 0 heterocycles. The smallest absolute Gasteiger partial charge is 0.355 e. The summed E-state index contributed by atoms with van der Waals surface area (Å²) in [5.41, 5.74) is 0.762. The van der Waals surface area contributed by atoms with E-state index in [4.69, 9.17) is 0 Å². The largest absolute Gasteiger partial charge is 0.416 e. The Kier molecular flexibility index (Phi) is 6.01. The normalized spacial score (nSPS) is 12.7. The van der Waals surface area contributed by atoms with Gasteiger partial charge >= 0.3 is 6.18 Å². The van der Waals surface area contributed by atoms with Crippen LogP contribution in [0.4, 0.5) is 13.2 Å². The maximum absolute atomic E-state index is 12.7. The molecule has 0 saturated heterocycles. The molecule has 0 bridgehead atoms. The molecule has 2 rings (SSSR count). The lowest BCUT2D eigenvalue weighted by atomic mass is 9.96. The number of rotatable bonds is 6. The summed E-state index contributed by atoms with van der Waals surface area (Å²) in [6, 6.07) is 14.7.